The molecule has 0 N–H and O–H groups in total. The zero-order valence-electron chi connectivity index (χ0n) is 14.5. The Bertz CT molecular complexity index is 961. The maximum absolute atomic E-state index is 12.4. The third-order valence-electron chi connectivity index (χ3n) is 5.20. The third kappa shape index (κ3) is 3.09. The van der Waals surface area contributed by atoms with Crippen LogP contribution >= 0.6 is 0 Å². The minimum Gasteiger partial charge on any atom is -0.441 e. The van der Waals surface area contributed by atoms with Crippen molar-refractivity contribution in [1.29, 1.82) is 0 Å². The number of carbonyl (C=O) groups excluding carboxylic acids is 3. The predicted octanol–water partition coefficient (Wildman–Crippen LogP) is 0.467. The second-order valence-corrected chi connectivity index (χ2v) is 6.82. The standard InChI is InChI=1S/C18H18N4O5/c23-15(9-21-16(24)11-5-1-2-6-12(11)17(21)25)27-10-22-18(26)13-7-3-4-8-14(13)19-20-22/h3-4,7-8,11-12H,1-2,5-6,9-10H2/t11-,12-/m0/s1. The molecule has 1 aliphatic carbocycles. The van der Waals surface area contributed by atoms with Crippen LogP contribution < -0.4 is 5.56 Å². The predicted molar refractivity (Wildman–Crippen MR) is 92.1 cm³/mol. The number of imide groups is 1. The molecule has 2 atom stereocenters. The Morgan fingerprint density at radius 1 is 1.07 bits per heavy atom. The van der Waals surface area contributed by atoms with Gasteiger partial charge in [-0.25, -0.2) is 0 Å². The van der Waals surface area contributed by atoms with Gasteiger partial charge in [0.2, 0.25) is 11.8 Å². The van der Waals surface area contributed by atoms with Gasteiger partial charge in [0.1, 0.15) is 12.1 Å². The van der Waals surface area contributed by atoms with Crippen molar-refractivity contribution in [3.63, 3.8) is 0 Å². The van der Waals surface area contributed by atoms with Crippen LogP contribution in [0.25, 0.3) is 10.9 Å². The molecule has 2 amide bonds. The molecule has 1 aromatic heterocycles. The highest BCUT2D eigenvalue weighted by Gasteiger charge is 2.48. The number of nitrogens with zero attached hydrogens (tertiary/aromatic N) is 4. The van der Waals surface area contributed by atoms with Gasteiger partial charge < -0.3 is 4.74 Å². The fourth-order valence-electron chi connectivity index (χ4n) is 3.80. The van der Waals surface area contributed by atoms with E-state index < -0.39 is 24.8 Å². The summed E-state index contributed by atoms with van der Waals surface area (Å²) in [7, 11) is 0. The normalized spacial score (nSPS) is 22.1. The lowest BCUT2D eigenvalue weighted by Gasteiger charge is -2.19. The van der Waals surface area contributed by atoms with Gasteiger partial charge >= 0.3 is 5.97 Å². The molecule has 0 bridgehead atoms. The topological polar surface area (TPSA) is 111 Å². The summed E-state index contributed by atoms with van der Waals surface area (Å²) in [5.74, 6) is -1.99. The van der Waals surface area contributed by atoms with Crippen molar-refractivity contribution in [3.05, 3.63) is 34.6 Å². The Kier molecular flexibility index (Phi) is 4.43. The summed E-state index contributed by atoms with van der Waals surface area (Å²) in [4.78, 5) is 50.2. The lowest BCUT2D eigenvalue weighted by atomic mass is 9.81. The van der Waals surface area contributed by atoms with Gasteiger partial charge in [0.05, 0.1) is 17.2 Å². The fourth-order valence-corrected chi connectivity index (χ4v) is 3.80. The lowest BCUT2D eigenvalue weighted by molar-refractivity contribution is -0.156. The van der Waals surface area contributed by atoms with Gasteiger partial charge in [0, 0.05) is 0 Å². The van der Waals surface area contributed by atoms with Crippen LogP contribution in [0.2, 0.25) is 0 Å². The molecule has 2 aromatic rings. The summed E-state index contributed by atoms with van der Waals surface area (Å²) in [6, 6.07) is 6.70. The van der Waals surface area contributed by atoms with Crippen LogP contribution in [0.1, 0.15) is 25.7 Å². The number of carbonyl (C=O) groups is 3. The van der Waals surface area contributed by atoms with E-state index in [-0.39, 0.29) is 23.7 Å². The molecule has 0 unspecified atom stereocenters. The Labute approximate surface area is 153 Å². The van der Waals surface area contributed by atoms with Gasteiger partial charge in [0.25, 0.3) is 5.56 Å². The smallest absolute Gasteiger partial charge is 0.327 e. The minimum absolute atomic E-state index is 0.302. The number of hydrogen-bond acceptors (Lipinski definition) is 7. The summed E-state index contributed by atoms with van der Waals surface area (Å²) < 4.78 is 5.97. The van der Waals surface area contributed by atoms with Crippen molar-refractivity contribution in [2.75, 3.05) is 6.54 Å². The first kappa shape index (κ1) is 17.3. The molecule has 0 spiro atoms. The molecular formula is C18H18N4O5. The average Bonchev–Trinajstić information content (AvgIpc) is 2.93. The van der Waals surface area contributed by atoms with Gasteiger partial charge in [-0.05, 0) is 25.0 Å². The van der Waals surface area contributed by atoms with E-state index in [1.165, 1.54) is 0 Å². The largest absolute Gasteiger partial charge is 0.441 e. The van der Waals surface area contributed by atoms with Crippen LogP contribution in [-0.2, 0) is 25.9 Å². The molecule has 2 fully saturated rings. The van der Waals surface area contributed by atoms with Crippen LogP contribution in [0.4, 0.5) is 0 Å². The van der Waals surface area contributed by atoms with Crippen LogP contribution in [0.5, 0.6) is 0 Å². The number of likely N-dealkylation sites (tertiary alicyclic amines) is 1. The van der Waals surface area contributed by atoms with Crippen molar-refractivity contribution >= 4 is 28.7 Å². The number of amides is 2. The first-order valence-corrected chi connectivity index (χ1v) is 8.89. The average molecular weight is 370 g/mol. The van der Waals surface area contributed by atoms with E-state index in [0.29, 0.717) is 23.7 Å². The monoisotopic (exact) mass is 370 g/mol. The minimum atomic E-state index is -0.766. The molecule has 27 heavy (non-hydrogen) atoms. The maximum atomic E-state index is 12.4. The fraction of sp³-hybridized carbons (Fsp3) is 0.444. The summed E-state index contributed by atoms with van der Waals surface area (Å²) in [6.07, 6.45) is 3.20. The first-order valence-electron chi connectivity index (χ1n) is 8.89. The zero-order valence-corrected chi connectivity index (χ0v) is 14.5. The molecular weight excluding hydrogens is 352 g/mol. The lowest BCUT2D eigenvalue weighted by Crippen LogP contribution is -2.37. The highest BCUT2D eigenvalue weighted by atomic mass is 16.5. The molecule has 4 rings (SSSR count). The molecule has 9 nitrogen and oxygen atoms in total. The molecule has 1 saturated carbocycles. The van der Waals surface area contributed by atoms with Gasteiger partial charge in [-0.3, -0.25) is 24.1 Å². The number of rotatable bonds is 4. The Balaban J connectivity index is 1.42. The van der Waals surface area contributed by atoms with E-state index in [2.05, 4.69) is 10.3 Å². The van der Waals surface area contributed by atoms with Crippen LogP contribution in [-0.4, -0.2) is 44.2 Å². The van der Waals surface area contributed by atoms with E-state index in [4.69, 9.17) is 4.74 Å². The number of benzene rings is 1. The molecule has 140 valence electrons. The molecule has 2 heterocycles. The summed E-state index contributed by atoms with van der Waals surface area (Å²) in [6.45, 7) is -0.876. The Morgan fingerprint density at radius 2 is 1.74 bits per heavy atom. The van der Waals surface area contributed by atoms with Crippen molar-refractivity contribution in [1.82, 2.24) is 19.9 Å². The summed E-state index contributed by atoms with van der Waals surface area (Å²) >= 11 is 0. The van der Waals surface area contributed by atoms with Gasteiger partial charge in [-0.2, -0.15) is 4.68 Å². The van der Waals surface area contributed by atoms with Crippen molar-refractivity contribution in [2.24, 2.45) is 11.8 Å². The number of fused-ring (bicyclic) bond motifs is 2. The van der Waals surface area contributed by atoms with E-state index >= 15 is 0 Å². The van der Waals surface area contributed by atoms with Crippen LogP contribution in [0, 0.1) is 11.8 Å². The maximum Gasteiger partial charge on any atom is 0.327 e. The third-order valence-corrected chi connectivity index (χ3v) is 5.20. The number of ether oxygens (including phenoxy) is 1. The zero-order chi connectivity index (χ0) is 19.0. The molecule has 0 radical (unpaired) electrons. The van der Waals surface area contributed by atoms with Crippen molar-refractivity contribution < 1.29 is 19.1 Å². The molecule has 9 heteroatoms. The van der Waals surface area contributed by atoms with E-state index in [9.17, 15) is 19.2 Å². The Hall–Kier alpha value is -3.10. The van der Waals surface area contributed by atoms with E-state index in [1.807, 2.05) is 0 Å². The second kappa shape index (κ2) is 6.90. The Morgan fingerprint density at radius 3 is 2.44 bits per heavy atom. The van der Waals surface area contributed by atoms with E-state index in [1.54, 1.807) is 24.3 Å². The van der Waals surface area contributed by atoms with Gasteiger partial charge in [-0.15, -0.1) is 5.10 Å². The van der Waals surface area contributed by atoms with Crippen molar-refractivity contribution in [3.8, 4) is 0 Å². The highest BCUT2D eigenvalue weighted by molar-refractivity contribution is 6.07. The highest BCUT2D eigenvalue weighted by Crippen LogP contribution is 2.37. The molecule has 1 saturated heterocycles. The van der Waals surface area contributed by atoms with Gasteiger partial charge in [-0.1, -0.05) is 30.2 Å². The summed E-state index contributed by atoms with van der Waals surface area (Å²) in [5.41, 5.74) is 0.00804. The number of esters is 1. The summed E-state index contributed by atoms with van der Waals surface area (Å²) in [5, 5.41) is 7.99. The SMILES string of the molecule is O=C(CN1C(=O)[C@H]2CCCC[C@@H]2C1=O)OCn1nnc2ccccc2c1=O. The van der Waals surface area contributed by atoms with Crippen LogP contribution in [0.15, 0.2) is 29.1 Å². The first-order chi connectivity index (χ1) is 13.1. The molecule has 1 aromatic carbocycles. The number of aromatic nitrogens is 3. The van der Waals surface area contributed by atoms with Crippen molar-refractivity contribution in [2.45, 2.75) is 32.4 Å². The molecule has 1 aliphatic heterocycles. The molecule has 2 aliphatic rings. The van der Waals surface area contributed by atoms with Gasteiger partial charge in [0.15, 0.2) is 6.73 Å². The number of hydrogen-bond donors (Lipinski definition) is 0. The second-order valence-electron chi connectivity index (χ2n) is 6.82. The van der Waals surface area contributed by atoms with E-state index in [0.717, 1.165) is 22.4 Å². The quantitative estimate of drug-likeness (QED) is 0.568. The van der Waals surface area contributed by atoms with Crippen LogP contribution in [0.3, 0.4) is 0 Å².